The van der Waals surface area contributed by atoms with E-state index in [9.17, 15) is 9.59 Å². The molecule has 0 aromatic rings. The Morgan fingerprint density at radius 1 is 1.35 bits per heavy atom. The maximum Gasteiger partial charge on any atom is 0.407 e. The minimum Gasteiger partial charge on any atom is -0.444 e. The van der Waals surface area contributed by atoms with Crippen molar-refractivity contribution in [1.29, 1.82) is 0 Å². The minimum absolute atomic E-state index is 0.0463. The number of carbonyl (C=O) groups excluding carboxylic acids is 2. The molecule has 0 aliphatic heterocycles. The summed E-state index contributed by atoms with van der Waals surface area (Å²) in [5.41, 5.74) is 10.3. The molecule has 0 heterocycles. The number of ether oxygens (including phenoxy) is 1. The molecule has 6 heteroatoms. The van der Waals surface area contributed by atoms with Crippen molar-refractivity contribution < 1.29 is 14.3 Å². The molecule has 0 aromatic heterocycles. The average Bonchev–Trinajstić information content (AvgIpc) is 2.10. The number of nitrogens with one attached hydrogen (secondary N) is 1. The Hall–Kier alpha value is -1.30. The van der Waals surface area contributed by atoms with Crippen LogP contribution in [-0.2, 0) is 9.53 Å². The number of amides is 2. The van der Waals surface area contributed by atoms with Gasteiger partial charge >= 0.3 is 6.09 Å². The first-order valence-electron chi connectivity index (χ1n) is 5.62. The largest absolute Gasteiger partial charge is 0.444 e. The Morgan fingerprint density at radius 3 is 2.29 bits per heavy atom. The summed E-state index contributed by atoms with van der Waals surface area (Å²) in [6.45, 7) is 7.55. The molecule has 0 saturated carbocycles. The molecule has 0 rings (SSSR count). The molecule has 0 saturated heterocycles. The van der Waals surface area contributed by atoms with E-state index in [1.807, 2.05) is 6.92 Å². The van der Waals surface area contributed by atoms with Crippen LogP contribution in [0.3, 0.4) is 0 Å². The van der Waals surface area contributed by atoms with Gasteiger partial charge in [-0.15, -0.1) is 0 Å². The maximum atomic E-state index is 11.3. The molecule has 0 aliphatic carbocycles. The SMILES string of the molecule is CC(CNC(=O)OC(C)(C)C)C(N)CC(N)=O. The third kappa shape index (κ3) is 8.50. The first-order valence-corrected chi connectivity index (χ1v) is 5.62. The van der Waals surface area contributed by atoms with Gasteiger partial charge in [-0.2, -0.15) is 0 Å². The van der Waals surface area contributed by atoms with Crippen LogP contribution in [0.25, 0.3) is 0 Å². The highest BCUT2D eigenvalue weighted by Gasteiger charge is 2.19. The van der Waals surface area contributed by atoms with Gasteiger partial charge in [0, 0.05) is 19.0 Å². The zero-order valence-corrected chi connectivity index (χ0v) is 10.9. The van der Waals surface area contributed by atoms with Crippen LogP contribution in [0.1, 0.15) is 34.1 Å². The van der Waals surface area contributed by atoms with Gasteiger partial charge in [0.2, 0.25) is 5.91 Å². The summed E-state index contributed by atoms with van der Waals surface area (Å²) in [4.78, 5) is 22.0. The molecule has 17 heavy (non-hydrogen) atoms. The molecule has 2 amide bonds. The second-order valence-electron chi connectivity index (χ2n) is 5.19. The molecule has 100 valence electrons. The van der Waals surface area contributed by atoms with Gasteiger partial charge in [-0.1, -0.05) is 6.92 Å². The van der Waals surface area contributed by atoms with E-state index < -0.39 is 17.6 Å². The summed E-state index contributed by atoms with van der Waals surface area (Å²) >= 11 is 0. The highest BCUT2D eigenvalue weighted by Crippen LogP contribution is 2.07. The second kappa shape index (κ2) is 6.44. The predicted octanol–water partition coefficient (Wildman–Crippen LogP) is 0.350. The Balaban J connectivity index is 3.95. The molecule has 0 aromatic carbocycles. The smallest absolute Gasteiger partial charge is 0.407 e. The van der Waals surface area contributed by atoms with Gasteiger partial charge in [0.05, 0.1) is 0 Å². The van der Waals surface area contributed by atoms with E-state index in [0.717, 1.165) is 0 Å². The Bertz CT molecular complexity index is 274. The fourth-order valence-corrected chi connectivity index (χ4v) is 1.14. The summed E-state index contributed by atoms with van der Waals surface area (Å²) in [7, 11) is 0. The number of nitrogens with two attached hydrogens (primary N) is 2. The topological polar surface area (TPSA) is 107 Å². The molecule has 0 bridgehead atoms. The Morgan fingerprint density at radius 2 is 1.88 bits per heavy atom. The molecule has 2 unspecified atom stereocenters. The lowest BCUT2D eigenvalue weighted by molar-refractivity contribution is -0.118. The van der Waals surface area contributed by atoms with Crippen LogP contribution in [0.5, 0.6) is 0 Å². The summed E-state index contributed by atoms with van der Waals surface area (Å²) < 4.78 is 5.07. The third-order valence-electron chi connectivity index (χ3n) is 2.14. The average molecular weight is 245 g/mol. The fourth-order valence-electron chi connectivity index (χ4n) is 1.14. The van der Waals surface area contributed by atoms with Crippen molar-refractivity contribution in [2.75, 3.05) is 6.54 Å². The van der Waals surface area contributed by atoms with E-state index in [-0.39, 0.29) is 18.4 Å². The predicted molar refractivity (Wildman–Crippen MR) is 65.2 cm³/mol. The number of alkyl carbamates (subject to hydrolysis) is 1. The molecule has 0 radical (unpaired) electrons. The Kier molecular flexibility index (Phi) is 5.95. The van der Waals surface area contributed by atoms with Crippen LogP contribution in [-0.4, -0.2) is 30.2 Å². The summed E-state index contributed by atoms with van der Waals surface area (Å²) in [5, 5.41) is 2.60. The molecule has 0 fully saturated rings. The van der Waals surface area contributed by atoms with Crippen molar-refractivity contribution in [3.63, 3.8) is 0 Å². The molecule has 0 aliphatic rings. The quantitative estimate of drug-likeness (QED) is 0.649. The van der Waals surface area contributed by atoms with Gasteiger partial charge < -0.3 is 21.5 Å². The highest BCUT2D eigenvalue weighted by molar-refractivity contribution is 5.74. The summed E-state index contributed by atoms with van der Waals surface area (Å²) in [6, 6.07) is -0.359. The van der Waals surface area contributed by atoms with Crippen LogP contribution in [0.15, 0.2) is 0 Å². The van der Waals surface area contributed by atoms with E-state index >= 15 is 0 Å². The van der Waals surface area contributed by atoms with E-state index in [2.05, 4.69) is 5.32 Å². The van der Waals surface area contributed by atoms with E-state index in [0.29, 0.717) is 6.54 Å². The zero-order valence-electron chi connectivity index (χ0n) is 10.9. The van der Waals surface area contributed by atoms with Crippen LogP contribution >= 0.6 is 0 Å². The van der Waals surface area contributed by atoms with Crippen LogP contribution in [0.2, 0.25) is 0 Å². The van der Waals surface area contributed by atoms with Gasteiger partial charge in [0.25, 0.3) is 0 Å². The number of carbonyl (C=O) groups is 2. The first-order chi connectivity index (χ1) is 7.61. The molecule has 5 N–H and O–H groups in total. The van der Waals surface area contributed by atoms with Crippen LogP contribution in [0, 0.1) is 5.92 Å². The monoisotopic (exact) mass is 245 g/mol. The number of hydrogen-bond acceptors (Lipinski definition) is 4. The van der Waals surface area contributed by atoms with Gasteiger partial charge in [-0.25, -0.2) is 4.79 Å². The third-order valence-corrected chi connectivity index (χ3v) is 2.14. The standard InChI is InChI=1S/C11H23N3O3/c1-7(8(12)5-9(13)15)6-14-10(16)17-11(2,3)4/h7-8H,5-6,12H2,1-4H3,(H2,13,15)(H,14,16). The van der Waals surface area contributed by atoms with E-state index in [1.54, 1.807) is 20.8 Å². The van der Waals surface area contributed by atoms with Gasteiger partial charge in [0.15, 0.2) is 0 Å². The molecule has 2 atom stereocenters. The van der Waals surface area contributed by atoms with Crippen molar-refractivity contribution in [3.05, 3.63) is 0 Å². The molecule has 6 nitrogen and oxygen atoms in total. The number of primary amides is 1. The summed E-state index contributed by atoms with van der Waals surface area (Å²) in [5.74, 6) is -0.489. The van der Waals surface area contributed by atoms with Crippen molar-refractivity contribution in [2.24, 2.45) is 17.4 Å². The van der Waals surface area contributed by atoms with Crippen molar-refractivity contribution in [3.8, 4) is 0 Å². The molecule has 0 spiro atoms. The molecular weight excluding hydrogens is 222 g/mol. The van der Waals surface area contributed by atoms with Crippen molar-refractivity contribution in [2.45, 2.75) is 45.8 Å². The van der Waals surface area contributed by atoms with Gasteiger partial charge in [0.1, 0.15) is 5.60 Å². The minimum atomic E-state index is -0.525. The van der Waals surface area contributed by atoms with Crippen LogP contribution in [0.4, 0.5) is 4.79 Å². The van der Waals surface area contributed by atoms with Crippen LogP contribution < -0.4 is 16.8 Å². The normalized spacial score (nSPS) is 14.9. The second-order valence-corrected chi connectivity index (χ2v) is 5.19. The van der Waals surface area contributed by atoms with Crippen molar-refractivity contribution >= 4 is 12.0 Å². The van der Waals surface area contributed by atoms with E-state index in [1.165, 1.54) is 0 Å². The van der Waals surface area contributed by atoms with Gasteiger partial charge in [-0.05, 0) is 26.7 Å². The highest BCUT2D eigenvalue weighted by atomic mass is 16.6. The lowest BCUT2D eigenvalue weighted by Gasteiger charge is -2.22. The lowest BCUT2D eigenvalue weighted by Crippen LogP contribution is -2.41. The van der Waals surface area contributed by atoms with Gasteiger partial charge in [-0.3, -0.25) is 4.79 Å². The fraction of sp³-hybridized carbons (Fsp3) is 0.818. The molecular formula is C11H23N3O3. The number of rotatable bonds is 5. The lowest BCUT2D eigenvalue weighted by atomic mass is 10.00. The first kappa shape index (κ1) is 15.7. The summed E-state index contributed by atoms with van der Waals surface area (Å²) in [6.07, 6.45) is -0.382. The van der Waals surface area contributed by atoms with Crippen molar-refractivity contribution in [1.82, 2.24) is 5.32 Å². The van der Waals surface area contributed by atoms with E-state index in [4.69, 9.17) is 16.2 Å². The zero-order chi connectivity index (χ0) is 13.6. The Labute approximate surface area is 102 Å². The maximum absolute atomic E-state index is 11.3. The number of hydrogen-bond donors (Lipinski definition) is 3.